The van der Waals surface area contributed by atoms with Gasteiger partial charge in [-0.05, 0) is 31.4 Å². The van der Waals surface area contributed by atoms with E-state index in [9.17, 15) is 9.59 Å². The van der Waals surface area contributed by atoms with Crippen LogP contribution in [0.4, 0.5) is 0 Å². The number of aryl methyl sites for hydroxylation is 1. The number of nitrogens with zero attached hydrogens (tertiary/aromatic N) is 3. The number of carbonyl (C=O) groups is 2. The molecule has 0 bridgehead atoms. The van der Waals surface area contributed by atoms with Crippen LogP contribution in [0.2, 0.25) is 0 Å². The molecule has 1 aromatic rings. The van der Waals surface area contributed by atoms with Crippen molar-refractivity contribution in [3.8, 4) is 0 Å². The van der Waals surface area contributed by atoms with E-state index in [-0.39, 0.29) is 18.4 Å². The first-order valence-electron chi connectivity index (χ1n) is 9.68. The van der Waals surface area contributed by atoms with Gasteiger partial charge in [-0.25, -0.2) is 0 Å². The average molecular weight is 366 g/mol. The average Bonchev–Trinajstić information content (AvgIpc) is 3.02. The molecule has 0 spiro atoms. The maximum absolute atomic E-state index is 12.9. The van der Waals surface area contributed by atoms with Crippen molar-refractivity contribution in [1.82, 2.24) is 14.4 Å². The highest BCUT2D eigenvalue weighted by molar-refractivity contribution is 5.84. The Bertz CT molecular complexity index is 542. The third kappa shape index (κ3) is 7.60. The van der Waals surface area contributed by atoms with Gasteiger partial charge in [-0.1, -0.05) is 20.3 Å². The Morgan fingerprint density at radius 3 is 2.38 bits per heavy atom. The van der Waals surface area contributed by atoms with Crippen LogP contribution in [0.25, 0.3) is 0 Å². The van der Waals surface area contributed by atoms with Gasteiger partial charge in [0.05, 0.1) is 13.1 Å². The summed E-state index contributed by atoms with van der Waals surface area (Å²) in [6.07, 6.45) is 5.99. The lowest BCUT2D eigenvalue weighted by Crippen LogP contribution is -2.43. The van der Waals surface area contributed by atoms with E-state index in [1.54, 1.807) is 12.0 Å². The van der Waals surface area contributed by atoms with Crippen LogP contribution in [0.3, 0.4) is 0 Å². The fraction of sp³-hybridized carbons (Fsp3) is 0.700. The zero-order chi connectivity index (χ0) is 19.4. The second-order valence-electron chi connectivity index (χ2n) is 6.69. The maximum atomic E-state index is 12.9. The lowest BCUT2D eigenvalue weighted by atomic mass is 10.2. The molecule has 0 N–H and O–H groups in total. The van der Waals surface area contributed by atoms with Gasteiger partial charge in [0, 0.05) is 52.2 Å². The van der Waals surface area contributed by atoms with Crippen LogP contribution in [0.5, 0.6) is 0 Å². The zero-order valence-electron chi connectivity index (χ0n) is 16.9. The fourth-order valence-electron chi connectivity index (χ4n) is 2.82. The number of methoxy groups -OCH3 is 1. The van der Waals surface area contributed by atoms with Crippen molar-refractivity contribution >= 4 is 11.8 Å². The van der Waals surface area contributed by atoms with Gasteiger partial charge in [0.15, 0.2) is 0 Å². The Labute approximate surface area is 158 Å². The van der Waals surface area contributed by atoms with E-state index < -0.39 is 0 Å². The van der Waals surface area contributed by atoms with E-state index in [4.69, 9.17) is 4.74 Å². The van der Waals surface area contributed by atoms with Crippen LogP contribution in [-0.2, 0) is 27.9 Å². The Balaban J connectivity index is 2.77. The third-order valence-electron chi connectivity index (χ3n) is 4.46. The molecule has 6 nitrogen and oxygen atoms in total. The third-order valence-corrected chi connectivity index (χ3v) is 4.46. The Morgan fingerprint density at radius 2 is 1.81 bits per heavy atom. The molecule has 0 saturated heterocycles. The molecule has 0 aliphatic rings. The zero-order valence-corrected chi connectivity index (χ0v) is 16.9. The number of aromatic nitrogens is 1. The summed E-state index contributed by atoms with van der Waals surface area (Å²) < 4.78 is 7.12. The van der Waals surface area contributed by atoms with Gasteiger partial charge in [0.25, 0.3) is 0 Å². The number of hydrogen-bond donors (Lipinski definition) is 0. The number of carbonyl (C=O) groups excluding carboxylic acids is 2. The van der Waals surface area contributed by atoms with E-state index in [0.29, 0.717) is 32.7 Å². The molecule has 26 heavy (non-hydrogen) atoms. The minimum atomic E-state index is 0.0153. The van der Waals surface area contributed by atoms with Crippen molar-refractivity contribution in [2.45, 2.75) is 52.5 Å². The molecule has 0 aliphatic carbocycles. The van der Waals surface area contributed by atoms with E-state index in [1.807, 2.05) is 41.8 Å². The van der Waals surface area contributed by atoms with Gasteiger partial charge in [0.1, 0.15) is 0 Å². The molecule has 0 atom stereocenters. The first kappa shape index (κ1) is 22.2. The van der Waals surface area contributed by atoms with Gasteiger partial charge < -0.3 is 19.1 Å². The monoisotopic (exact) mass is 365 g/mol. The van der Waals surface area contributed by atoms with Crippen LogP contribution < -0.4 is 0 Å². The smallest absolute Gasteiger partial charge is 0.242 e. The molecule has 0 radical (unpaired) electrons. The summed E-state index contributed by atoms with van der Waals surface area (Å²) in [5.74, 6) is 0.0628. The Kier molecular flexibility index (Phi) is 10.7. The molecule has 0 aliphatic heterocycles. The Morgan fingerprint density at radius 1 is 1.08 bits per heavy atom. The summed E-state index contributed by atoms with van der Waals surface area (Å²) in [4.78, 5) is 28.9. The van der Waals surface area contributed by atoms with Gasteiger partial charge in [-0.2, -0.15) is 0 Å². The van der Waals surface area contributed by atoms with Crippen molar-refractivity contribution in [3.05, 3.63) is 24.0 Å². The summed E-state index contributed by atoms with van der Waals surface area (Å²) in [5.41, 5.74) is 1.10. The molecule has 1 aromatic heterocycles. The second-order valence-corrected chi connectivity index (χ2v) is 6.69. The largest absolute Gasteiger partial charge is 0.385 e. The Hall–Kier alpha value is -1.82. The van der Waals surface area contributed by atoms with Crippen molar-refractivity contribution in [2.24, 2.45) is 7.05 Å². The van der Waals surface area contributed by atoms with Crippen LogP contribution in [0, 0.1) is 0 Å². The van der Waals surface area contributed by atoms with Crippen LogP contribution in [-0.4, -0.2) is 59.5 Å². The first-order chi connectivity index (χ1) is 12.5. The highest BCUT2D eigenvalue weighted by Crippen LogP contribution is 2.09. The van der Waals surface area contributed by atoms with Crippen LogP contribution in [0.15, 0.2) is 18.3 Å². The summed E-state index contributed by atoms with van der Waals surface area (Å²) in [7, 11) is 3.63. The van der Waals surface area contributed by atoms with Gasteiger partial charge in [-0.3, -0.25) is 9.59 Å². The number of amides is 2. The predicted molar refractivity (Wildman–Crippen MR) is 104 cm³/mol. The molecule has 148 valence electrons. The van der Waals surface area contributed by atoms with E-state index in [0.717, 1.165) is 31.4 Å². The van der Waals surface area contributed by atoms with Crippen molar-refractivity contribution in [3.63, 3.8) is 0 Å². The van der Waals surface area contributed by atoms with E-state index >= 15 is 0 Å². The molecular weight excluding hydrogens is 330 g/mol. The highest BCUT2D eigenvalue weighted by atomic mass is 16.5. The normalized spacial score (nSPS) is 10.8. The van der Waals surface area contributed by atoms with Crippen LogP contribution in [0.1, 0.15) is 51.6 Å². The number of hydrogen-bond acceptors (Lipinski definition) is 3. The predicted octanol–water partition coefficient (Wildman–Crippen LogP) is 2.82. The SMILES string of the molecule is CCCCN(Cc1cccn1C)C(=O)CN(CCCOC)C(=O)CCC. The minimum absolute atomic E-state index is 0.0153. The lowest BCUT2D eigenvalue weighted by Gasteiger charge is -2.28. The summed E-state index contributed by atoms with van der Waals surface area (Å²) >= 11 is 0. The van der Waals surface area contributed by atoms with Crippen LogP contribution >= 0.6 is 0 Å². The molecule has 0 unspecified atom stereocenters. The quantitative estimate of drug-likeness (QED) is 0.505. The lowest BCUT2D eigenvalue weighted by molar-refractivity contribution is -0.141. The molecule has 0 aromatic carbocycles. The maximum Gasteiger partial charge on any atom is 0.242 e. The minimum Gasteiger partial charge on any atom is -0.385 e. The standard InChI is InChI=1S/C20H35N3O3/c1-5-7-13-22(16-18-11-8-12-21(18)3)20(25)17-23(14-9-15-26-4)19(24)10-6-2/h8,11-12H,5-7,9-10,13-17H2,1-4H3. The number of rotatable bonds is 13. The second kappa shape index (κ2) is 12.5. The molecule has 1 rings (SSSR count). The summed E-state index contributed by atoms with van der Waals surface area (Å²) in [6, 6.07) is 4.02. The molecule has 2 amide bonds. The summed E-state index contributed by atoms with van der Waals surface area (Å²) in [5, 5.41) is 0. The summed E-state index contributed by atoms with van der Waals surface area (Å²) in [6.45, 7) is 6.70. The molecule has 1 heterocycles. The first-order valence-corrected chi connectivity index (χ1v) is 9.68. The van der Waals surface area contributed by atoms with E-state index in [1.165, 1.54) is 0 Å². The highest BCUT2D eigenvalue weighted by Gasteiger charge is 2.21. The molecular formula is C20H35N3O3. The van der Waals surface area contributed by atoms with Crippen molar-refractivity contribution < 1.29 is 14.3 Å². The molecule has 0 fully saturated rings. The van der Waals surface area contributed by atoms with Crippen molar-refractivity contribution in [2.75, 3.05) is 33.4 Å². The fourth-order valence-corrected chi connectivity index (χ4v) is 2.82. The number of unbranched alkanes of at least 4 members (excludes halogenated alkanes) is 1. The number of ether oxygens (including phenoxy) is 1. The van der Waals surface area contributed by atoms with Crippen molar-refractivity contribution in [1.29, 1.82) is 0 Å². The molecule has 6 heteroatoms. The van der Waals surface area contributed by atoms with E-state index in [2.05, 4.69) is 6.92 Å². The molecule has 0 saturated carbocycles. The van der Waals surface area contributed by atoms with Gasteiger partial charge in [-0.15, -0.1) is 0 Å². The topological polar surface area (TPSA) is 54.8 Å². The van der Waals surface area contributed by atoms with Gasteiger partial charge in [0.2, 0.25) is 11.8 Å². The van der Waals surface area contributed by atoms with Gasteiger partial charge >= 0.3 is 0 Å².